The van der Waals surface area contributed by atoms with Gasteiger partial charge < -0.3 is 4.74 Å². The van der Waals surface area contributed by atoms with Crippen LogP contribution in [0.3, 0.4) is 0 Å². The Morgan fingerprint density at radius 1 is 1.19 bits per heavy atom. The van der Waals surface area contributed by atoms with E-state index in [1.807, 2.05) is 12.1 Å². The van der Waals surface area contributed by atoms with Crippen LogP contribution in [0.4, 0.5) is 5.69 Å². The highest BCUT2D eigenvalue weighted by Gasteiger charge is 2.09. The second-order valence-electron chi connectivity index (χ2n) is 3.96. The zero-order chi connectivity index (χ0) is 11.2. The second-order valence-corrected chi connectivity index (χ2v) is 3.96. The Kier molecular flexibility index (Phi) is 4.02. The van der Waals surface area contributed by atoms with Gasteiger partial charge in [-0.05, 0) is 29.3 Å². The first-order valence-corrected chi connectivity index (χ1v) is 5.61. The van der Waals surface area contributed by atoms with Gasteiger partial charge in [-0.15, -0.1) is 4.91 Å². The zero-order valence-electron chi connectivity index (χ0n) is 9.26. The smallest absolute Gasteiger partial charge is 0.108 e. The molecule has 0 saturated carbocycles. The molecule has 0 aliphatic carbocycles. The summed E-state index contributed by atoms with van der Waals surface area (Å²) in [6.07, 6.45) is 1.01. The minimum atomic E-state index is 0.495. The largest absolute Gasteiger partial charge is 0.379 e. The molecule has 4 nitrogen and oxygen atoms in total. The second kappa shape index (κ2) is 5.72. The molecule has 2 rings (SSSR count). The Hall–Kier alpha value is -1.26. The first kappa shape index (κ1) is 11.2. The van der Waals surface area contributed by atoms with E-state index in [4.69, 9.17) is 4.74 Å². The van der Waals surface area contributed by atoms with Crippen LogP contribution in [0.1, 0.15) is 5.56 Å². The zero-order valence-corrected chi connectivity index (χ0v) is 9.26. The Morgan fingerprint density at radius 2 is 1.88 bits per heavy atom. The summed E-state index contributed by atoms with van der Waals surface area (Å²) in [7, 11) is 0. The van der Waals surface area contributed by atoms with Crippen LogP contribution >= 0.6 is 0 Å². The summed E-state index contributed by atoms with van der Waals surface area (Å²) in [6.45, 7) is 4.78. The third-order valence-corrected chi connectivity index (χ3v) is 2.86. The maximum Gasteiger partial charge on any atom is 0.108 e. The van der Waals surface area contributed by atoms with E-state index >= 15 is 0 Å². The summed E-state index contributed by atoms with van der Waals surface area (Å²) < 4.78 is 5.29. The van der Waals surface area contributed by atoms with Gasteiger partial charge in [0.15, 0.2) is 0 Å². The van der Waals surface area contributed by atoms with Gasteiger partial charge in [-0.1, -0.05) is 12.1 Å². The van der Waals surface area contributed by atoms with Gasteiger partial charge in [0, 0.05) is 19.6 Å². The van der Waals surface area contributed by atoms with Crippen molar-refractivity contribution in [2.24, 2.45) is 5.18 Å². The molecule has 0 atom stereocenters. The van der Waals surface area contributed by atoms with Gasteiger partial charge in [0.25, 0.3) is 0 Å². The SMILES string of the molecule is O=Nc1ccc(CCN2CCOCC2)cc1. The molecular weight excluding hydrogens is 204 g/mol. The Labute approximate surface area is 95.2 Å². The number of hydrogen-bond donors (Lipinski definition) is 0. The lowest BCUT2D eigenvalue weighted by Gasteiger charge is -2.26. The van der Waals surface area contributed by atoms with Crippen molar-refractivity contribution in [3.05, 3.63) is 34.7 Å². The predicted octanol–water partition coefficient (Wildman–Crippen LogP) is 1.96. The maximum absolute atomic E-state index is 10.3. The molecule has 0 amide bonds. The standard InChI is InChI=1S/C12H16N2O2/c15-13-12-3-1-11(2-4-12)5-6-14-7-9-16-10-8-14/h1-4H,5-10H2. The van der Waals surface area contributed by atoms with Crippen LogP contribution < -0.4 is 0 Å². The fraction of sp³-hybridized carbons (Fsp3) is 0.500. The van der Waals surface area contributed by atoms with Gasteiger partial charge >= 0.3 is 0 Å². The van der Waals surface area contributed by atoms with Crippen molar-refractivity contribution in [3.8, 4) is 0 Å². The number of benzene rings is 1. The first-order valence-electron chi connectivity index (χ1n) is 5.61. The highest BCUT2D eigenvalue weighted by Crippen LogP contribution is 2.13. The van der Waals surface area contributed by atoms with Crippen LogP contribution in [0.5, 0.6) is 0 Å². The lowest BCUT2D eigenvalue weighted by atomic mass is 10.1. The van der Waals surface area contributed by atoms with E-state index in [1.54, 1.807) is 12.1 Å². The van der Waals surface area contributed by atoms with Gasteiger partial charge in [0.05, 0.1) is 13.2 Å². The molecule has 1 aliphatic rings. The number of ether oxygens (including phenoxy) is 1. The van der Waals surface area contributed by atoms with Crippen molar-refractivity contribution in [1.29, 1.82) is 0 Å². The van der Waals surface area contributed by atoms with Crippen molar-refractivity contribution < 1.29 is 4.74 Å². The maximum atomic E-state index is 10.3. The van der Waals surface area contributed by atoms with E-state index in [1.165, 1.54) is 5.56 Å². The molecule has 86 valence electrons. The third-order valence-electron chi connectivity index (χ3n) is 2.86. The molecule has 16 heavy (non-hydrogen) atoms. The number of nitroso groups, excluding NO2 is 1. The van der Waals surface area contributed by atoms with Crippen LogP contribution in [-0.2, 0) is 11.2 Å². The summed E-state index contributed by atoms with van der Waals surface area (Å²) in [5, 5.41) is 2.88. The molecule has 1 heterocycles. The molecule has 0 spiro atoms. The molecule has 0 bridgehead atoms. The Bertz CT molecular complexity index is 331. The summed E-state index contributed by atoms with van der Waals surface area (Å²) in [5.74, 6) is 0. The molecule has 4 heteroatoms. The van der Waals surface area contributed by atoms with Crippen molar-refractivity contribution in [2.45, 2.75) is 6.42 Å². The van der Waals surface area contributed by atoms with E-state index < -0.39 is 0 Å². The summed E-state index contributed by atoms with van der Waals surface area (Å²) in [4.78, 5) is 12.6. The van der Waals surface area contributed by atoms with Crippen LogP contribution in [0, 0.1) is 4.91 Å². The van der Waals surface area contributed by atoms with Crippen molar-refractivity contribution in [1.82, 2.24) is 4.90 Å². The van der Waals surface area contributed by atoms with Crippen molar-refractivity contribution in [3.63, 3.8) is 0 Å². The normalized spacial score (nSPS) is 17.2. The monoisotopic (exact) mass is 220 g/mol. The van der Waals surface area contributed by atoms with Crippen molar-refractivity contribution >= 4 is 5.69 Å². The van der Waals surface area contributed by atoms with Gasteiger partial charge in [0.1, 0.15) is 5.69 Å². The summed E-state index contributed by atoms with van der Waals surface area (Å²) in [5.41, 5.74) is 1.74. The highest BCUT2D eigenvalue weighted by molar-refractivity contribution is 5.38. The molecule has 0 aromatic heterocycles. The molecule has 1 fully saturated rings. The van der Waals surface area contributed by atoms with Crippen LogP contribution in [0.2, 0.25) is 0 Å². The molecule has 0 unspecified atom stereocenters. The minimum Gasteiger partial charge on any atom is -0.379 e. The molecule has 0 N–H and O–H groups in total. The minimum absolute atomic E-state index is 0.495. The third kappa shape index (κ3) is 3.12. The number of rotatable bonds is 4. The molecule has 1 aromatic rings. The number of hydrogen-bond acceptors (Lipinski definition) is 4. The average Bonchev–Trinajstić information content (AvgIpc) is 2.38. The first-order chi connectivity index (χ1) is 7.88. The summed E-state index contributed by atoms with van der Waals surface area (Å²) in [6, 6.07) is 7.47. The lowest BCUT2D eigenvalue weighted by Crippen LogP contribution is -2.37. The Balaban J connectivity index is 1.81. The van der Waals surface area contributed by atoms with Gasteiger partial charge in [-0.2, -0.15) is 0 Å². The number of nitrogens with zero attached hydrogens (tertiary/aromatic N) is 2. The molecular formula is C12H16N2O2. The number of morpholine rings is 1. The summed E-state index contributed by atoms with van der Waals surface area (Å²) >= 11 is 0. The average molecular weight is 220 g/mol. The fourth-order valence-corrected chi connectivity index (χ4v) is 1.84. The molecule has 1 aliphatic heterocycles. The lowest BCUT2D eigenvalue weighted by molar-refractivity contribution is 0.0384. The molecule has 1 aromatic carbocycles. The van der Waals surface area contributed by atoms with E-state index in [-0.39, 0.29) is 0 Å². The molecule has 1 saturated heterocycles. The predicted molar refractivity (Wildman–Crippen MR) is 62.9 cm³/mol. The fourth-order valence-electron chi connectivity index (χ4n) is 1.84. The van der Waals surface area contributed by atoms with E-state index in [9.17, 15) is 4.91 Å². The van der Waals surface area contributed by atoms with Crippen LogP contribution in [0.15, 0.2) is 29.4 Å². The van der Waals surface area contributed by atoms with Gasteiger partial charge in [0.2, 0.25) is 0 Å². The van der Waals surface area contributed by atoms with Crippen LogP contribution in [-0.4, -0.2) is 37.7 Å². The van der Waals surface area contributed by atoms with Gasteiger partial charge in [-0.25, -0.2) is 0 Å². The Morgan fingerprint density at radius 3 is 2.50 bits per heavy atom. The highest BCUT2D eigenvalue weighted by atomic mass is 16.5. The van der Waals surface area contributed by atoms with Crippen LogP contribution in [0.25, 0.3) is 0 Å². The van der Waals surface area contributed by atoms with E-state index in [0.717, 1.165) is 39.3 Å². The topological polar surface area (TPSA) is 41.9 Å². The van der Waals surface area contributed by atoms with Gasteiger partial charge in [-0.3, -0.25) is 4.90 Å². The molecule has 0 radical (unpaired) electrons. The van der Waals surface area contributed by atoms with E-state index in [0.29, 0.717) is 5.69 Å². The van der Waals surface area contributed by atoms with E-state index in [2.05, 4.69) is 10.1 Å². The quantitative estimate of drug-likeness (QED) is 0.728. The van der Waals surface area contributed by atoms with Crippen molar-refractivity contribution in [2.75, 3.05) is 32.8 Å².